The molecule has 6 rings (SSSR count). The van der Waals surface area contributed by atoms with Crippen LogP contribution in [0, 0.1) is 13.8 Å². The monoisotopic (exact) mass is 751 g/mol. The van der Waals surface area contributed by atoms with Gasteiger partial charge in [0.1, 0.15) is 11.5 Å². The van der Waals surface area contributed by atoms with E-state index in [2.05, 4.69) is 223 Å². The van der Waals surface area contributed by atoms with E-state index >= 15 is 0 Å². The van der Waals surface area contributed by atoms with E-state index in [-0.39, 0.29) is 27.1 Å². The van der Waals surface area contributed by atoms with Gasteiger partial charge in [0.15, 0.2) is 0 Å². The van der Waals surface area contributed by atoms with Crippen molar-refractivity contribution < 1.29 is 4.74 Å². The van der Waals surface area contributed by atoms with Crippen LogP contribution in [0.1, 0.15) is 142 Å². The molecule has 0 spiro atoms. The molecule has 0 unspecified atom stereocenters. The minimum atomic E-state index is -0.206. The molecule has 0 aliphatic carbocycles. The van der Waals surface area contributed by atoms with Crippen LogP contribution < -0.4 is 14.5 Å². The van der Waals surface area contributed by atoms with Gasteiger partial charge in [-0.1, -0.05) is 133 Å². The molecular formula is C51H66N4O. The van der Waals surface area contributed by atoms with Gasteiger partial charge in [0.2, 0.25) is 0 Å². The summed E-state index contributed by atoms with van der Waals surface area (Å²) in [5.41, 5.74) is 12.9. The largest absolute Gasteiger partial charge is 0.457 e. The standard InChI is InChI=1S/C51H66N4O/c1-34-46(51(15,16)36-20-18-17-19-21-36)35(2)55(52-34)43-28-40(50(12,13)14)30-45(32-43)56-44-29-39(49(9,10)11)27-42(31-44)54-23-22-53(33-54)41-25-37(47(3,4)5)24-38(26-41)48(6,7)8/h17-32H,33H2,1-16H3. The summed E-state index contributed by atoms with van der Waals surface area (Å²) in [6.07, 6.45) is 4.40. The summed E-state index contributed by atoms with van der Waals surface area (Å²) in [6.45, 7) is 37.0. The van der Waals surface area contributed by atoms with Crippen molar-refractivity contribution >= 4 is 11.4 Å². The van der Waals surface area contributed by atoms with Crippen molar-refractivity contribution in [2.75, 3.05) is 16.5 Å². The lowest BCUT2D eigenvalue weighted by Gasteiger charge is -2.29. The molecule has 1 aromatic heterocycles. The zero-order valence-corrected chi connectivity index (χ0v) is 37.1. The molecule has 0 atom stereocenters. The Morgan fingerprint density at radius 2 is 0.893 bits per heavy atom. The molecule has 2 heterocycles. The minimum absolute atomic E-state index is 0.0482. The van der Waals surface area contributed by atoms with Gasteiger partial charge in [-0.3, -0.25) is 0 Å². The van der Waals surface area contributed by atoms with Crippen molar-refractivity contribution in [3.63, 3.8) is 0 Å². The van der Waals surface area contributed by atoms with Crippen LogP contribution in [-0.2, 0) is 27.1 Å². The molecule has 5 nitrogen and oxygen atoms in total. The van der Waals surface area contributed by atoms with Gasteiger partial charge >= 0.3 is 0 Å². The van der Waals surface area contributed by atoms with E-state index in [1.165, 1.54) is 39.1 Å². The van der Waals surface area contributed by atoms with Gasteiger partial charge in [-0.2, -0.15) is 5.10 Å². The third kappa shape index (κ3) is 8.48. The molecule has 296 valence electrons. The third-order valence-electron chi connectivity index (χ3n) is 11.5. The summed E-state index contributed by atoms with van der Waals surface area (Å²) < 4.78 is 9.05. The average molecular weight is 751 g/mol. The lowest BCUT2D eigenvalue weighted by atomic mass is 9.77. The van der Waals surface area contributed by atoms with Gasteiger partial charge < -0.3 is 14.5 Å². The highest BCUT2D eigenvalue weighted by atomic mass is 16.5. The molecule has 4 aromatic carbocycles. The van der Waals surface area contributed by atoms with Gasteiger partial charge in [-0.25, -0.2) is 4.68 Å². The fourth-order valence-electron chi connectivity index (χ4n) is 7.77. The first-order valence-electron chi connectivity index (χ1n) is 20.3. The lowest BCUT2D eigenvalue weighted by Crippen LogP contribution is -2.26. The summed E-state index contributed by atoms with van der Waals surface area (Å²) in [7, 11) is 0. The van der Waals surface area contributed by atoms with Crippen molar-refractivity contribution in [2.24, 2.45) is 0 Å². The molecule has 5 aromatic rings. The van der Waals surface area contributed by atoms with Crippen molar-refractivity contribution in [3.05, 3.63) is 142 Å². The second-order valence-corrected chi connectivity index (χ2v) is 20.6. The quantitative estimate of drug-likeness (QED) is 0.166. The molecule has 0 bridgehead atoms. The zero-order chi connectivity index (χ0) is 41.2. The highest BCUT2D eigenvalue weighted by Crippen LogP contribution is 2.41. The Balaban J connectivity index is 1.37. The maximum atomic E-state index is 6.94. The number of hydrogen-bond donors (Lipinski definition) is 0. The first kappa shape index (κ1) is 40.9. The Hall–Kier alpha value is -4.77. The molecule has 56 heavy (non-hydrogen) atoms. The van der Waals surface area contributed by atoms with Crippen LogP contribution in [-0.4, -0.2) is 16.4 Å². The maximum Gasteiger partial charge on any atom is 0.129 e. The normalized spacial score (nSPS) is 14.2. The minimum Gasteiger partial charge on any atom is -0.457 e. The molecule has 1 aliphatic heterocycles. The topological polar surface area (TPSA) is 33.5 Å². The zero-order valence-electron chi connectivity index (χ0n) is 37.1. The van der Waals surface area contributed by atoms with Crippen LogP contribution >= 0.6 is 0 Å². The van der Waals surface area contributed by atoms with Gasteiger partial charge in [-0.15, -0.1) is 0 Å². The van der Waals surface area contributed by atoms with E-state index in [1.54, 1.807) is 0 Å². The van der Waals surface area contributed by atoms with Crippen LogP contribution in [0.25, 0.3) is 5.69 Å². The molecule has 0 saturated carbocycles. The van der Waals surface area contributed by atoms with E-state index < -0.39 is 0 Å². The van der Waals surface area contributed by atoms with Gasteiger partial charge in [0.25, 0.3) is 0 Å². The van der Waals surface area contributed by atoms with E-state index in [0.717, 1.165) is 34.3 Å². The molecule has 0 fully saturated rings. The number of ether oxygens (including phenoxy) is 1. The van der Waals surface area contributed by atoms with Gasteiger partial charge in [0.05, 0.1) is 18.1 Å². The van der Waals surface area contributed by atoms with Gasteiger partial charge in [0, 0.05) is 52.6 Å². The Morgan fingerprint density at radius 1 is 0.482 bits per heavy atom. The first-order valence-corrected chi connectivity index (χ1v) is 20.3. The number of anilines is 2. The summed E-state index contributed by atoms with van der Waals surface area (Å²) in [6, 6.07) is 31.2. The molecule has 1 aliphatic rings. The first-order chi connectivity index (χ1) is 25.8. The lowest BCUT2D eigenvalue weighted by molar-refractivity contribution is 0.474. The highest BCUT2D eigenvalue weighted by molar-refractivity contribution is 5.64. The second kappa shape index (κ2) is 14.3. The van der Waals surface area contributed by atoms with Crippen LogP contribution in [0.3, 0.4) is 0 Å². The second-order valence-electron chi connectivity index (χ2n) is 20.6. The van der Waals surface area contributed by atoms with Crippen molar-refractivity contribution in [1.29, 1.82) is 0 Å². The Labute approximate surface area is 338 Å². The molecule has 5 heteroatoms. The van der Waals surface area contributed by atoms with E-state index in [0.29, 0.717) is 6.67 Å². The fraction of sp³-hybridized carbons (Fsp3) is 0.431. The van der Waals surface area contributed by atoms with Crippen LogP contribution in [0.2, 0.25) is 0 Å². The van der Waals surface area contributed by atoms with Crippen molar-refractivity contribution in [3.8, 4) is 17.2 Å². The number of nitrogens with zero attached hydrogens (tertiary/aromatic N) is 4. The molecular weight excluding hydrogens is 685 g/mol. The van der Waals surface area contributed by atoms with Crippen molar-refractivity contribution in [1.82, 2.24) is 9.78 Å². The summed E-state index contributed by atoms with van der Waals surface area (Å²) in [4.78, 5) is 4.68. The number of aryl methyl sites for hydroxylation is 1. The molecule has 0 saturated heterocycles. The van der Waals surface area contributed by atoms with Gasteiger partial charge in [-0.05, 0) is 99.7 Å². The Morgan fingerprint density at radius 3 is 1.36 bits per heavy atom. The number of rotatable bonds is 7. The van der Waals surface area contributed by atoms with E-state index in [1.807, 2.05) is 0 Å². The third-order valence-corrected chi connectivity index (χ3v) is 11.5. The molecule has 0 radical (unpaired) electrons. The summed E-state index contributed by atoms with van der Waals surface area (Å²) in [5, 5.41) is 5.17. The number of hydrogen-bond acceptors (Lipinski definition) is 4. The molecule has 0 N–H and O–H groups in total. The van der Waals surface area contributed by atoms with Crippen LogP contribution in [0.4, 0.5) is 11.4 Å². The SMILES string of the molecule is Cc1nn(-c2cc(Oc3cc(N4C=CN(c5cc(C(C)(C)C)cc(C(C)(C)C)c5)C4)cc(C(C)(C)C)c3)cc(C(C)(C)C)c2)c(C)c1C(C)(C)c1ccccc1. The number of benzene rings is 4. The summed E-state index contributed by atoms with van der Waals surface area (Å²) >= 11 is 0. The predicted octanol–water partition coefficient (Wildman–Crippen LogP) is 13.6. The number of aromatic nitrogens is 2. The van der Waals surface area contributed by atoms with Crippen molar-refractivity contribution in [2.45, 2.75) is 138 Å². The smallest absolute Gasteiger partial charge is 0.129 e. The summed E-state index contributed by atoms with van der Waals surface area (Å²) in [5.74, 6) is 1.62. The van der Waals surface area contributed by atoms with Crippen LogP contribution in [0.15, 0.2) is 97.3 Å². The maximum absolute atomic E-state index is 6.94. The Kier molecular flexibility index (Phi) is 10.4. The van der Waals surface area contributed by atoms with Crippen LogP contribution in [0.5, 0.6) is 11.5 Å². The fourth-order valence-corrected chi connectivity index (χ4v) is 7.77. The Bertz CT molecular complexity index is 2210. The molecule has 0 amide bonds. The van der Waals surface area contributed by atoms with E-state index in [4.69, 9.17) is 9.84 Å². The van der Waals surface area contributed by atoms with E-state index in [9.17, 15) is 0 Å². The average Bonchev–Trinajstić information content (AvgIpc) is 3.71. The predicted molar refractivity (Wildman–Crippen MR) is 238 cm³/mol. The highest BCUT2D eigenvalue weighted by Gasteiger charge is 2.31.